The fourth-order valence-electron chi connectivity index (χ4n) is 3.24. The summed E-state index contributed by atoms with van der Waals surface area (Å²) in [5.74, 6) is -0.709. The molecule has 0 saturated heterocycles. The predicted octanol–water partition coefficient (Wildman–Crippen LogP) is 1.75. The third kappa shape index (κ3) is 6.97. The molecule has 2 aromatic rings. The number of aliphatic hydroxyl groups is 1. The van der Waals surface area contributed by atoms with Gasteiger partial charge in [-0.1, -0.05) is 6.92 Å². The number of nitrogens with zero attached hydrogens (tertiary/aromatic N) is 4. The summed E-state index contributed by atoms with van der Waals surface area (Å²) in [5.41, 5.74) is 0.411. The first-order valence-corrected chi connectivity index (χ1v) is 11.8. The Morgan fingerprint density at radius 2 is 1.91 bits per heavy atom. The first kappa shape index (κ1) is 26.7. The Kier molecular flexibility index (Phi) is 9.35. The van der Waals surface area contributed by atoms with Gasteiger partial charge in [-0.2, -0.15) is 4.31 Å². The maximum atomic E-state index is 13.1. The number of ether oxygens (including phenoxy) is 1. The Bertz CT molecular complexity index is 1010. The SMILES string of the molecule is CO[C@@H](CN(C)S(=O)(=O)c1cn(C)cn1)[C@@H](C)CN(C(=O)Nc1ccc(F)cc1)[C@@H](C)CO. The lowest BCUT2D eigenvalue weighted by molar-refractivity contribution is 0.0305. The number of hydrogen-bond donors (Lipinski definition) is 2. The van der Waals surface area contributed by atoms with Crippen LogP contribution in [-0.2, 0) is 21.8 Å². The summed E-state index contributed by atoms with van der Waals surface area (Å²) < 4.78 is 47.0. The summed E-state index contributed by atoms with van der Waals surface area (Å²) in [6, 6.07) is 4.36. The Hall–Kier alpha value is -2.54. The molecule has 0 unspecified atom stereocenters. The van der Waals surface area contributed by atoms with E-state index in [1.807, 2.05) is 6.92 Å². The van der Waals surface area contributed by atoms with Crippen LogP contribution in [0.25, 0.3) is 0 Å². The van der Waals surface area contributed by atoms with Crippen molar-refractivity contribution in [3.05, 3.63) is 42.6 Å². The number of halogens is 1. The van der Waals surface area contributed by atoms with Crippen molar-refractivity contribution < 1.29 is 27.4 Å². The Labute approximate surface area is 194 Å². The van der Waals surface area contributed by atoms with Crippen LogP contribution >= 0.6 is 0 Å². The van der Waals surface area contributed by atoms with E-state index in [9.17, 15) is 22.7 Å². The van der Waals surface area contributed by atoms with Gasteiger partial charge in [0, 0.05) is 52.1 Å². The molecule has 2 N–H and O–H groups in total. The first-order valence-electron chi connectivity index (χ1n) is 10.4. The quantitative estimate of drug-likeness (QED) is 0.501. The van der Waals surface area contributed by atoms with E-state index < -0.39 is 34.0 Å². The van der Waals surface area contributed by atoms with Gasteiger partial charge >= 0.3 is 6.03 Å². The first-order chi connectivity index (χ1) is 15.5. The second-order valence-electron chi connectivity index (χ2n) is 8.04. The number of urea groups is 1. The van der Waals surface area contributed by atoms with Crippen LogP contribution in [0.1, 0.15) is 13.8 Å². The van der Waals surface area contributed by atoms with E-state index in [1.54, 1.807) is 18.5 Å². The van der Waals surface area contributed by atoms with Gasteiger partial charge < -0.3 is 24.6 Å². The molecule has 3 atom stereocenters. The molecule has 0 saturated carbocycles. The largest absolute Gasteiger partial charge is 0.394 e. The lowest BCUT2D eigenvalue weighted by Crippen LogP contribution is -2.48. The molecule has 0 aliphatic heterocycles. The molecule has 2 rings (SSSR count). The summed E-state index contributed by atoms with van der Waals surface area (Å²) in [6.07, 6.45) is 2.28. The van der Waals surface area contributed by atoms with Crippen LogP contribution in [0.5, 0.6) is 0 Å². The van der Waals surface area contributed by atoms with Crippen molar-refractivity contribution in [2.45, 2.75) is 31.0 Å². The fourth-order valence-corrected chi connectivity index (χ4v) is 4.38. The van der Waals surface area contributed by atoms with Gasteiger partial charge in [-0.05, 0) is 31.2 Å². The monoisotopic (exact) mass is 485 g/mol. The predicted molar refractivity (Wildman–Crippen MR) is 122 cm³/mol. The molecule has 0 aliphatic carbocycles. The zero-order chi connectivity index (χ0) is 24.8. The smallest absolute Gasteiger partial charge is 0.322 e. The van der Waals surface area contributed by atoms with Crippen molar-refractivity contribution >= 4 is 21.7 Å². The summed E-state index contributed by atoms with van der Waals surface area (Å²) >= 11 is 0. The van der Waals surface area contributed by atoms with Crippen molar-refractivity contribution in [2.75, 3.05) is 39.2 Å². The fraction of sp³-hybridized carbons (Fsp3) is 0.524. The van der Waals surface area contributed by atoms with Crippen LogP contribution in [0.2, 0.25) is 0 Å². The molecule has 1 aromatic heterocycles. The van der Waals surface area contributed by atoms with Gasteiger partial charge in [-0.15, -0.1) is 0 Å². The third-order valence-corrected chi connectivity index (χ3v) is 7.08. The van der Waals surface area contributed by atoms with Gasteiger partial charge in [0.15, 0.2) is 5.03 Å². The number of benzene rings is 1. The Morgan fingerprint density at radius 1 is 1.27 bits per heavy atom. The van der Waals surface area contributed by atoms with E-state index in [0.29, 0.717) is 5.69 Å². The topological polar surface area (TPSA) is 117 Å². The highest BCUT2D eigenvalue weighted by Crippen LogP contribution is 2.18. The zero-order valence-electron chi connectivity index (χ0n) is 19.5. The number of nitrogens with one attached hydrogen (secondary N) is 1. The number of methoxy groups -OCH3 is 1. The Morgan fingerprint density at radius 3 is 2.42 bits per heavy atom. The number of carbonyl (C=O) groups excluding carboxylic acids is 1. The van der Waals surface area contributed by atoms with Gasteiger partial charge in [0.25, 0.3) is 10.0 Å². The average molecular weight is 486 g/mol. The summed E-state index contributed by atoms with van der Waals surface area (Å²) in [5, 5.41) is 12.3. The molecule has 1 heterocycles. The number of carbonyl (C=O) groups is 1. The zero-order valence-corrected chi connectivity index (χ0v) is 20.3. The van der Waals surface area contributed by atoms with Crippen molar-refractivity contribution in [1.82, 2.24) is 18.8 Å². The molecule has 10 nitrogen and oxygen atoms in total. The summed E-state index contributed by atoms with van der Waals surface area (Å²) in [6.45, 7) is 3.48. The number of imidazole rings is 1. The average Bonchev–Trinajstić information content (AvgIpc) is 3.23. The van der Waals surface area contributed by atoms with Crippen LogP contribution in [0, 0.1) is 11.7 Å². The van der Waals surface area contributed by atoms with Crippen LogP contribution in [0.3, 0.4) is 0 Å². The molecule has 0 spiro atoms. The van der Waals surface area contributed by atoms with Gasteiger partial charge in [-0.25, -0.2) is 22.6 Å². The number of aliphatic hydroxyl groups excluding tert-OH is 1. The third-order valence-electron chi connectivity index (χ3n) is 5.37. The van der Waals surface area contributed by atoms with Gasteiger partial charge in [0.2, 0.25) is 0 Å². The van der Waals surface area contributed by atoms with Crippen LogP contribution in [0.15, 0.2) is 41.8 Å². The normalized spacial score (nSPS) is 14.7. The van der Waals surface area contributed by atoms with Crippen molar-refractivity contribution in [3.63, 3.8) is 0 Å². The van der Waals surface area contributed by atoms with Crippen molar-refractivity contribution in [1.29, 1.82) is 0 Å². The molecule has 0 aliphatic rings. The second-order valence-corrected chi connectivity index (χ2v) is 10.0. The van der Waals surface area contributed by atoms with Gasteiger partial charge in [-0.3, -0.25) is 0 Å². The van der Waals surface area contributed by atoms with E-state index in [-0.39, 0.29) is 30.6 Å². The number of aromatic nitrogens is 2. The number of likely N-dealkylation sites (N-methyl/N-ethyl adjacent to an activating group) is 1. The molecule has 33 heavy (non-hydrogen) atoms. The number of hydrogen-bond acceptors (Lipinski definition) is 6. The second kappa shape index (κ2) is 11.5. The molecular formula is C21H32FN5O5S. The van der Waals surface area contributed by atoms with E-state index in [2.05, 4.69) is 10.3 Å². The van der Waals surface area contributed by atoms with E-state index in [0.717, 1.165) is 0 Å². The van der Waals surface area contributed by atoms with E-state index in [4.69, 9.17) is 4.74 Å². The molecule has 0 bridgehead atoms. The highest BCUT2D eigenvalue weighted by molar-refractivity contribution is 7.89. The minimum Gasteiger partial charge on any atom is -0.394 e. The highest BCUT2D eigenvalue weighted by Gasteiger charge is 2.31. The number of anilines is 1. The molecule has 0 radical (unpaired) electrons. The van der Waals surface area contributed by atoms with E-state index >= 15 is 0 Å². The number of amides is 2. The molecule has 12 heteroatoms. The lowest BCUT2D eigenvalue weighted by atomic mass is 10.0. The van der Waals surface area contributed by atoms with Crippen molar-refractivity contribution in [3.8, 4) is 0 Å². The van der Waals surface area contributed by atoms with Gasteiger partial charge in [0.1, 0.15) is 5.82 Å². The van der Waals surface area contributed by atoms with Crippen LogP contribution in [0.4, 0.5) is 14.9 Å². The molecule has 184 valence electrons. The van der Waals surface area contributed by atoms with Crippen molar-refractivity contribution in [2.24, 2.45) is 13.0 Å². The minimum atomic E-state index is -3.81. The standard InChI is InChI=1S/C21H32FN5O5S/c1-15(19(32-5)11-26(4)33(30,31)20-12-25(3)14-23-20)10-27(16(2)13-28)21(29)24-18-8-6-17(22)7-9-18/h6-9,12,14-16,19,28H,10-11,13H2,1-5H3,(H,24,29)/t15-,16-,19-/m0/s1. The number of sulfonamides is 1. The molecule has 0 fully saturated rings. The minimum absolute atomic E-state index is 0.0392. The summed E-state index contributed by atoms with van der Waals surface area (Å²) in [4.78, 5) is 18.2. The molecule has 2 amide bonds. The molecule has 1 aromatic carbocycles. The maximum absolute atomic E-state index is 13.1. The van der Waals surface area contributed by atoms with Crippen LogP contribution < -0.4 is 5.32 Å². The van der Waals surface area contributed by atoms with Gasteiger partial charge in [0.05, 0.1) is 25.1 Å². The summed E-state index contributed by atoms with van der Waals surface area (Å²) in [7, 11) is 0.787. The highest BCUT2D eigenvalue weighted by atomic mass is 32.2. The van der Waals surface area contributed by atoms with Crippen LogP contribution in [-0.4, -0.2) is 84.3 Å². The van der Waals surface area contributed by atoms with E-state index in [1.165, 1.54) is 60.2 Å². The number of aryl methyl sites for hydroxylation is 1. The molecular weight excluding hydrogens is 453 g/mol. The lowest BCUT2D eigenvalue weighted by Gasteiger charge is -2.34. The Balaban J connectivity index is 2.11. The number of rotatable bonds is 11. The maximum Gasteiger partial charge on any atom is 0.322 e.